The third-order valence-corrected chi connectivity index (χ3v) is 6.54. The third-order valence-electron chi connectivity index (χ3n) is 5.33. The molecule has 7 nitrogen and oxygen atoms in total. The van der Waals surface area contributed by atoms with Crippen molar-refractivity contribution in [2.45, 2.75) is 43.6 Å². The quantitative estimate of drug-likeness (QED) is 0.649. The van der Waals surface area contributed by atoms with E-state index < -0.39 is 5.25 Å². The summed E-state index contributed by atoms with van der Waals surface area (Å²) in [5.74, 6) is 1.53. The van der Waals surface area contributed by atoms with Gasteiger partial charge in [-0.25, -0.2) is 4.68 Å². The first kappa shape index (κ1) is 20.3. The largest absolute Gasteiger partial charge is 0.497 e. The fourth-order valence-corrected chi connectivity index (χ4v) is 4.52. The Morgan fingerprint density at radius 2 is 1.93 bits per heavy atom. The van der Waals surface area contributed by atoms with Gasteiger partial charge in [-0.1, -0.05) is 36.9 Å². The minimum atomic E-state index is -0.415. The number of aryl methyl sites for hydroxylation is 3. The number of benzene rings is 2. The first-order valence-electron chi connectivity index (χ1n) is 9.89. The van der Waals surface area contributed by atoms with Crippen LogP contribution in [0.25, 0.3) is 0 Å². The number of thioether (sulfide) groups is 1. The highest BCUT2D eigenvalue weighted by molar-refractivity contribution is 8.00. The average Bonchev–Trinajstić information content (AvgIpc) is 3.17. The summed E-state index contributed by atoms with van der Waals surface area (Å²) in [6.45, 7) is 6.13. The Labute approximate surface area is 180 Å². The summed E-state index contributed by atoms with van der Waals surface area (Å²) in [4.78, 5) is 13.3. The Kier molecular flexibility index (Phi) is 5.67. The van der Waals surface area contributed by atoms with Crippen molar-refractivity contribution in [3.63, 3.8) is 0 Å². The number of rotatable bonds is 5. The van der Waals surface area contributed by atoms with E-state index in [-0.39, 0.29) is 11.9 Å². The molecular formula is C22H25N5O2S. The summed E-state index contributed by atoms with van der Waals surface area (Å²) in [6, 6.07) is 13.5. The van der Waals surface area contributed by atoms with Crippen LogP contribution in [0.2, 0.25) is 0 Å². The number of hydrogen-bond donors (Lipinski definition) is 2. The minimum Gasteiger partial charge on any atom is -0.497 e. The third kappa shape index (κ3) is 3.87. The van der Waals surface area contributed by atoms with Gasteiger partial charge in [0.1, 0.15) is 11.0 Å². The highest BCUT2D eigenvalue weighted by Crippen LogP contribution is 2.38. The monoisotopic (exact) mass is 423 g/mol. The molecule has 0 bridgehead atoms. The number of methoxy groups -OCH3 is 1. The summed E-state index contributed by atoms with van der Waals surface area (Å²) < 4.78 is 7.17. The molecule has 0 unspecified atom stereocenters. The Morgan fingerprint density at radius 1 is 1.17 bits per heavy atom. The van der Waals surface area contributed by atoms with Crippen molar-refractivity contribution in [3.8, 4) is 5.75 Å². The zero-order valence-corrected chi connectivity index (χ0v) is 18.3. The molecule has 2 aromatic carbocycles. The van der Waals surface area contributed by atoms with E-state index in [1.807, 2.05) is 61.0 Å². The first-order valence-corrected chi connectivity index (χ1v) is 10.8. The molecule has 8 heteroatoms. The summed E-state index contributed by atoms with van der Waals surface area (Å²) in [5.41, 5.74) is 7.57. The van der Waals surface area contributed by atoms with Gasteiger partial charge in [-0.3, -0.25) is 4.79 Å². The SMILES string of the molecule is CCc1nnc2n1N[C@@H](c1ccc(OC)cc1)[C@H](C(=O)Nc1ccc(C)c(C)c1)S2. The van der Waals surface area contributed by atoms with E-state index in [4.69, 9.17) is 4.74 Å². The number of hydrogen-bond acceptors (Lipinski definition) is 6. The first-order chi connectivity index (χ1) is 14.5. The zero-order chi connectivity index (χ0) is 21.3. The molecule has 2 atom stereocenters. The second-order valence-electron chi connectivity index (χ2n) is 7.29. The molecule has 2 heterocycles. The van der Waals surface area contributed by atoms with E-state index in [9.17, 15) is 4.79 Å². The fraction of sp³-hybridized carbons (Fsp3) is 0.318. The van der Waals surface area contributed by atoms with Crippen molar-refractivity contribution in [1.82, 2.24) is 14.9 Å². The number of aromatic nitrogens is 3. The molecule has 0 fully saturated rings. The van der Waals surface area contributed by atoms with Crippen LogP contribution in [0.1, 0.15) is 35.5 Å². The van der Waals surface area contributed by atoms with E-state index in [0.717, 1.165) is 34.8 Å². The molecule has 2 N–H and O–H groups in total. The number of carbonyl (C=O) groups is 1. The van der Waals surface area contributed by atoms with Crippen LogP contribution in [0.3, 0.4) is 0 Å². The zero-order valence-electron chi connectivity index (χ0n) is 17.5. The van der Waals surface area contributed by atoms with Crippen molar-refractivity contribution >= 4 is 23.4 Å². The van der Waals surface area contributed by atoms with Gasteiger partial charge in [0.2, 0.25) is 11.1 Å². The van der Waals surface area contributed by atoms with Gasteiger partial charge in [0.25, 0.3) is 0 Å². The smallest absolute Gasteiger partial charge is 0.240 e. The lowest BCUT2D eigenvalue weighted by Crippen LogP contribution is -2.41. The Morgan fingerprint density at radius 3 is 2.60 bits per heavy atom. The van der Waals surface area contributed by atoms with Crippen LogP contribution in [0.5, 0.6) is 5.75 Å². The van der Waals surface area contributed by atoms with Crippen LogP contribution < -0.4 is 15.5 Å². The molecule has 0 saturated carbocycles. The standard InChI is InChI=1S/C22H25N5O2S/c1-5-18-24-25-22-27(18)26-19(15-7-10-17(29-4)11-8-15)20(30-22)21(28)23-16-9-6-13(2)14(3)12-16/h6-12,19-20,26H,5H2,1-4H3,(H,23,28)/t19-,20+/m0/s1. The lowest BCUT2D eigenvalue weighted by Gasteiger charge is -2.33. The van der Waals surface area contributed by atoms with Gasteiger partial charge in [0.15, 0.2) is 5.82 Å². The molecule has 0 saturated heterocycles. The number of ether oxygens (including phenoxy) is 1. The molecule has 0 aliphatic carbocycles. The van der Waals surface area contributed by atoms with Gasteiger partial charge < -0.3 is 15.5 Å². The van der Waals surface area contributed by atoms with Crippen molar-refractivity contribution < 1.29 is 9.53 Å². The molecule has 3 aromatic rings. The molecule has 1 aliphatic rings. The van der Waals surface area contributed by atoms with Gasteiger partial charge in [-0.05, 0) is 54.8 Å². The van der Waals surface area contributed by atoms with Gasteiger partial charge in [0, 0.05) is 12.1 Å². The molecule has 0 radical (unpaired) electrons. The normalized spacial score (nSPS) is 17.7. The Bertz CT molecular complexity index is 1060. The van der Waals surface area contributed by atoms with Gasteiger partial charge in [-0.2, -0.15) is 0 Å². The molecule has 0 spiro atoms. The van der Waals surface area contributed by atoms with E-state index in [2.05, 4.69) is 27.9 Å². The van der Waals surface area contributed by atoms with Crippen LogP contribution in [0.4, 0.5) is 5.69 Å². The van der Waals surface area contributed by atoms with Crippen LogP contribution in [-0.2, 0) is 11.2 Å². The molecule has 1 aliphatic heterocycles. The van der Waals surface area contributed by atoms with Crippen molar-refractivity contribution in [1.29, 1.82) is 0 Å². The molecule has 1 aromatic heterocycles. The van der Waals surface area contributed by atoms with Crippen molar-refractivity contribution in [2.75, 3.05) is 17.9 Å². The number of carbonyl (C=O) groups excluding carboxylic acids is 1. The summed E-state index contributed by atoms with van der Waals surface area (Å²) >= 11 is 1.42. The highest BCUT2D eigenvalue weighted by Gasteiger charge is 2.37. The maximum Gasteiger partial charge on any atom is 0.240 e. The lowest BCUT2D eigenvalue weighted by molar-refractivity contribution is -0.116. The molecule has 156 valence electrons. The molecule has 1 amide bonds. The predicted molar refractivity (Wildman–Crippen MR) is 119 cm³/mol. The fourth-order valence-electron chi connectivity index (χ4n) is 3.42. The van der Waals surface area contributed by atoms with Gasteiger partial charge >= 0.3 is 0 Å². The van der Waals surface area contributed by atoms with E-state index in [1.54, 1.807) is 7.11 Å². The topological polar surface area (TPSA) is 81.1 Å². The second kappa shape index (κ2) is 8.39. The minimum absolute atomic E-state index is 0.0798. The number of anilines is 1. The number of nitrogens with zero attached hydrogens (tertiary/aromatic N) is 3. The second-order valence-corrected chi connectivity index (χ2v) is 8.40. The van der Waals surface area contributed by atoms with Crippen LogP contribution in [0.15, 0.2) is 47.6 Å². The summed E-state index contributed by atoms with van der Waals surface area (Å²) in [7, 11) is 1.64. The van der Waals surface area contributed by atoms with E-state index in [0.29, 0.717) is 5.16 Å². The average molecular weight is 424 g/mol. The van der Waals surface area contributed by atoms with Gasteiger partial charge in [0.05, 0.1) is 13.2 Å². The van der Waals surface area contributed by atoms with E-state index >= 15 is 0 Å². The Balaban J connectivity index is 1.66. The predicted octanol–water partition coefficient (Wildman–Crippen LogP) is 3.86. The molecule has 4 rings (SSSR count). The van der Waals surface area contributed by atoms with E-state index in [1.165, 1.54) is 17.3 Å². The van der Waals surface area contributed by atoms with Crippen molar-refractivity contribution in [2.24, 2.45) is 0 Å². The maximum absolute atomic E-state index is 13.3. The number of fused-ring (bicyclic) bond motifs is 1. The summed E-state index contributed by atoms with van der Waals surface area (Å²) in [5, 5.41) is 11.9. The maximum atomic E-state index is 13.3. The van der Waals surface area contributed by atoms with Crippen LogP contribution in [0, 0.1) is 13.8 Å². The van der Waals surface area contributed by atoms with Gasteiger partial charge in [-0.15, -0.1) is 10.2 Å². The molecule has 30 heavy (non-hydrogen) atoms. The number of nitrogens with one attached hydrogen (secondary N) is 2. The lowest BCUT2D eigenvalue weighted by atomic mass is 10.0. The Hall–Kier alpha value is -3.00. The van der Waals surface area contributed by atoms with Crippen molar-refractivity contribution in [3.05, 3.63) is 65.0 Å². The van der Waals surface area contributed by atoms with Crippen LogP contribution >= 0.6 is 11.8 Å². The highest BCUT2D eigenvalue weighted by atomic mass is 32.2. The van der Waals surface area contributed by atoms with Crippen LogP contribution in [-0.4, -0.2) is 33.1 Å². The summed E-state index contributed by atoms with van der Waals surface area (Å²) in [6.07, 6.45) is 0.745. The number of amides is 1. The molecular weight excluding hydrogens is 398 g/mol.